The van der Waals surface area contributed by atoms with Gasteiger partial charge in [0.05, 0.1) is 30.0 Å². The maximum Gasteiger partial charge on any atom is 0.225 e. The number of aryl methyl sites for hydroxylation is 1. The van der Waals surface area contributed by atoms with Crippen molar-refractivity contribution in [2.24, 2.45) is 0 Å². The summed E-state index contributed by atoms with van der Waals surface area (Å²) < 4.78 is 7.77. The summed E-state index contributed by atoms with van der Waals surface area (Å²) in [6.07, 6.45) is 8.89. The van der Waals surface area contributed by atoms with Crippen LogP contribution < -0.4 is 0 Å². The van der Waals surface area contributed by atoms with Crippen LogP contribution in [0.1, 0.15) is 61.5 Å². The van der Waals surface area contributed by atoms with Crippen LogP contribution in [0.3, 0.4) is 0 Å². The second kappa shape index (κ2) is 5.80. The molecule has 3 atom stereocenters. The fourth-order valence-corrected chi connectivity index (χ4v) is 4.85. The molecule has 2 bridgehead atoms. The molecule has 0 aromatic carbocycles. The van der Waals surface area contributed by atoms with Crippen molar-refractivity contribution in [2.45, 2.75) is 70.1 Å². The molecule has 2 aromatic rings. The van der Waals surface area contributed by atoms with Crippen molar-refractivity contribution in [2.75, 3.05) is 6.61 Å². The lowest BCUT2D eigenvalue weighted by Gasteiger charge is -2.37. The highest BCUT2D eigenvalue weighted by atomic mass is 16.5. The zero-order valence-electron chi connectivity index (χ0n) is 14.6. The number of fused-ring (bicyclic) bond motifs is 6. The molecule has 0 spiro atoms. The first-order valence-corrected chi connectivity index (χ1v) is 9.47. The number of hydrogen-bond donors (Lipinski definition) is 0. The third-order valence-corrected chi connectivity index (χ3v) is 5.99. The van der Waals surface area contributed by atoms with Gasteiger partial charge in [0.2, 0.25) is 5.91 Å². The lowest BCUT2D eigenvalue weighted by atomic mass is 9.97. The molecule has 0 unspecified atom stereocenters. The van der Waals surface area contributed by atoms with Gasteiger partial charge in [-0.3, -0.25) is 4.79 Å². The molecule has 0 saturated carbocycles. The molecule has 5 heterocycles. The number of rotatable bonds is 2. The fraction of sp³-hybridized carbons (Fsp3) is 0.632. The van der Waals surface area contributed by atoms with E-state index in [0.29, 0.717) is 12.5 Å². The van der Waals surface area contributed by atoms with E-state index >= 15 is 0 Å². The number of nitrogens with zero attached hydrogens (tertiary/aromatic N) is 4. The molecule has 3 aliphatic heterocycles. The van der Waals surface area contributed by atoms with Gasteiger partial charge in [0.1, 0.15) is 0 Å². The fourth-order valence-electron chi connectivity index (χ4n) is 4.85. The Morgan fingerprint density at radius 1 is 1.32 bits per heavy atom. The summed E-state index contributed by atoms with van der Waals surface area (Å²) in [5.74, 6) is 0.252. The van der Waals surface area contributed by atoms with E-state index in [1.54, 1.807) is 0 Å². The predicted octanol–water partition coefficient (Wildman–Crippen LogP) is 2.59. The average molecular weight is 340 g/mol. The van der Waals surface area contributed by atoms with Gasteiger partial charge in [-0.05, 0) is 39.0 Å². The minimum atomic E-state index is 0.108. The highest BCUT2D eigenvalue weighted by molar-refractivity contribution is 5.78. The minimum Gasteiger partial charge on any atom is -0.378 e. The molecule has 0 N–H and O–H groups in total. The van der Waals surface area contributed by atoms with Crippen LogP contribution in [0.15, 0.2) is 12.3 Å². The first kappa shape index (κ1) is 15.3. The second-order valence-corrected chi connectivity index (χ2v) is 7.66. The van der Waals surface area contributed by atoms with E-state index in [2.05, 4.69) is 15.0 Å². The Morgan fingerprint density at radius 2 is 2.24 bits per heavy atom. The molecule has 3 aliphatic rings. The normalized spacial score (nSPS) is 28.4. The third kappa shape index (κ3) is 2.46. The largest absolute Gasteiger partial charge is 0.378 e. The molecule has 0 radical (unpaired) electrons. The topological polar surface area (TPSA) is 59.7 Å². The van der Waals surface area contributed by atoms with Crippen molar-refractivity contribution in [1.29, 1.82) is 0 Å². The van der Waals surface area contributed by atoms with Crippen molar-refractivity contribution >= 4 is 11.6 Å². The van der Waals surface area contributed by atoms with Crippen molar-refractivity contribution < 1.29 is 9.53 Å². The quantitative estimate of drug-likeness (QED) is 0.843. The smallest absolute Gasteiger partial charge is 0.225 e. The van der Waals surface area contributed by atoms with Crippen LogP contribution >= 0.6 is 0 Å². The number of amides is 1. The molecule has 5 rings (SSSR count). The van der Waals surface area contributed by atoms with Gasteiger partial charge in [0.25, 0.3) is 0 Å². The zero-order valence-corrected chi connectivity index (χ0v) is 14.6. The van der Waals surface area contributed by atoms with E-state index in [9.17, 15) is 4.79 Å². The predicted molar refractivity (Wildman–Crippen MR) is 92.2 cm³/mol. The van der Waals surface area contributed by atoms with E-state index in [-0.39, 0.29) is 18.1 Å². The molecule has 0 aliphatic carbocycles. The monoisotopic (exact) mass is 340 g/mol. The molecule has 2 aromatic heterocycles. The van der Waals surface area contributed by atoms with Crippen LogP contribution in [0.4, 0.5) is 0 Å². The molecular weight excluding hydrogens is 316 g/mol. The van der Waals surface area contributed by atoms with Gasteiger partial charge in [-0.25, -0.2) is 9.50 Å². The number of hydrogen-bond acceptors (Lipinski definition) is 4. The molecular formula is C19H24N4O2. The molecule has 6 nitrogen and oxygen atoms in total. The van der Waals surface area contributed by atoms with Crippen LogP contribution in [0.25, 0.3) is 5.65 Å². The Balaban J connectivity index is 1.44. The number of carbonyl (C=O) groups is 1. The van der Waals surface area contributed by atoms with Crippen LogP contribution in [0.5, 0.6) is 0 Å². The van der Waals surface area contributed by atoms with E-state index < -0.39 is 0 Å². The van der Waals surface area contributed by atoms with Gasteiger partial charge in [0, 0.05) is 36.9 Å². The maximum atomic E-state index is 13.0. The minimum absolute atomic E-state index is 0.108. The van der Waals surface area contributed by atoms with E-state index in [1.165, 1.54) is 17.7 Å². The zero-order chi connectivity index (χ0) is 17.0. The SMILES string of the molecule is Cc1cc2ncc3c(n2n1)C[C@@H]1CC[C@@H]3N1C(=O)C[C@@H]1CCCCO1. The Morgan fingerprint density at radius 3 is 3.08 bits per heavy atom. The number of carbonyl (C=O) groups excluding carboxylic acids is 1. The summed E-state index contributed by atoms with van der Waals surface area (Å²) in [6.45, 7) is 2.80. The highest BCUT2D eigenvalue weighted by Gasteiger charge is 2.44. The molecule has 25 heavy (non-hydrogen) atoms. The van der Waals surface area contributed by atoms with Gasteiger partial charge in [-0.15, -0.1) is 0 Å². The first-order chi connectivity index (χ1) is 12.2. The lowest BCUT2D eigenvalue weighted by molar-refractivity contribution is -0.138. The summed E-state index contributed by atoms with van der Waals surface area (Å²) in [5, 5.41) is 4.62. The van der Waals surface area contributed by atoms with Gasteiger partial charge < -0.3 is 9.64 Å². The highest BCUT2D eigenvalue weighted by Crippen LogP contribution is 2.44. The summed E-state index contributed by atoms with van der Waals surface area (Å²) >= 11 is 0. The maximum absolute atomic E-state index is 13.0. The van der Waals surface area contributed by atoms with Crippen molar-refractivity contribution in [3.63, 3.8) is 0 Å². The summed E-state index contributed by atoms with van der Waals surface area (Å²) in [5.41, 5.74) is 4.32. The molecule has 2 fully saturated rings. The molecule has 1 amide bonds. The van der Waals surface area contributed by atoms with Crippen LogP contribution in [0.2, 0.25) is 0 Å². The van der Waals surface area contributed by atoms with Crippen molar-refractivity contribution in [3.05, 3.63) is 29.2 Å². The summed E-state index contributed by atoms with van der Waals surface area (Å²) in [4.78, 5) is 19.7. The molecule has 6 heteroatoms. The van der Waals surface area contributed by atoms with E-state index in [0.717, 1.165) is 50.1 Å². The van der Waals surface area contributed by atoms with Crippen molar-refractivity contribution in [1.82, 2.24) is 19.5 Å². The molecule has 2 saturated heterocycles. The van der Waals surface area contributed by atoms with E-state index in [1.807, 2.05) is 23.7 Å². The first-order valence-electron chi connectivity index (χ1n) is 9.47. The second-order valence-electron chi connectivity index (χ2n) is 7.66. The Bertz CT molecular complexity index is 824. The van der Waals surface area contributed by atoms with Gasteiger partial charge >= 0.3 is 0 Å². The summed E-state index contributed by atoms with van der Waals surface area (Å²) in [7, 11) is 0. The lowest BCUT2D eigenvalue weighted by Crippen LogP contribution is -2.44. The molecule has 132 valence electrons. The van der Waals surface area contributed by atoms with Gasteiger partial charge in [-0.1, -0.05) is 0 Å². The Kier molecular flexibility index (Phi) is 3.55. The number of aromatic nitrogens is 3. The van der Waals surface area contributed by atoms with Gasteiger partial charge in [0.15, 0.2) is 5.65 Å². The number of ether oxygens (including phenoxy) is 1. The van der Waals surface area contributed by atoms with E-state index in [4.69, 9.17) is 4.74 Å². The average Bonchev–Trinajstić information content (AvgIpc) is 3.15. The Hall–Kier alpha value is -1.95. The van der Waals surface area contributed by atoms with Crippen LogP contribution in [0, 0.1) is 6.92 Å². The summed E-state index contributed by atoms with van der Waals surface area (Å²) in [6, 6.07) is 2.47. The van der Waals surface area contributed by atoms with Crippen LogP contribution in [-0.4, -0.2) is 44.2 Å². The third-order valence-electron chi connectivity index (χ3n) is 5.99. The van der Waals surface area contributed by atoms with Crippen molar-refractivity contribution in [3.8, 4) is 0 Å². The Labute approximate surface area is 147 Å². The van der Waals surface area contributed by atoms with Crippen LogP contribution in [-0.2, 0) is 16.0 Å². The standard InChI is InChI=1S/C19H24N4O2/c1-12-8-18-20-11-15-16-6-5-13(9-17(15)23(18)21-12)22(16)19(24)10-14-4-2-3-7-25-14/h8,11,13-14,16H,2-7,9-10H2,1H3/t13-,14-,16-/m0/s1. The van der Waals surface area contributed by atoms with Gasteiger partial charge in [-0.2, -0.15) is 5.10 Å².